The molecule has 0 radical (unpaired) electrons. The molecule has 1 fully saturated rings. The van der Waals surface area contributed by atoms with E-state index in [9.17, 15) is 9.59 Å². The number of nitrogens with one attached hydrogen (secondary N) is 4. The van der Waals surface area contributed by atoms with E-state index in [2.05, 4.69) is 36.2 Å². The molecule has 5 rings (SSSR count). The lowest BCUT2D eigenvalue weighted by atomic mass is 10.0. The van der Waals surface area contributed by atoms with Crippen molar-refractivity contribution in [1.82, 2.24) is 30.9 Å². The van der Waals surface area contributed by atoms with E-state index in [1.54, 1.807) is 18.2 Å². The van der Waals surface area contributed by atoms with Crippen molar-refractivity contribution in [2.75, 3.05) is 39.2 Å². The molecule has 1 aliphatic rings. The fourth-order valence-electron chi connectivity index (χ4n) is 5.18. The number of hydrogen-bond donors (Lipinski definition) is 5. The van der Waals surface area contributed by atoms with E-state index in [4.69, 9.17) is 26.2 Å². The van der Waals surface area contributed by atoms with Gasteiger partial charge in [-0.05, 0) is 30.7 Å². The van der Waals surface area contributed by atoms with Gasteiger partial charge in [0.15, 0.2) is 5.82 Å². The Bertz CT molecular complexity index is 1760. The smallest absolute Gasteiger partial charge is 0.274 e. The highest BCUT2D eigenvalue weighted by Gasteiger charge is 2.22. The summed E-state index contributed by atoms with van der Waals surface area (Å²) >= 11 is 6.81. The van der Waals surface area contributed by atoms with Crippen LogP contribution in [0.2, 0.25) is 5.02 Å². The number of nitrogens with zero attached hydrogens (tertiary/aromatic N) is 3. The van der Waals surface area contributed by atoms with E-state index in [0.29, 0.717) is 61.1 Å². The molecule has 1 saturated heterocycles. The van der Waals surface area contributed by atoms with Crippen LogP contribution in [0.4, 0.5) is 10.1 Å². The van der Waals surface area contributed by atoms with Crippen molar-refractivity contribution in [3.8, 4) is 34.1 Å². The van der Waals surface area contributed by atoms with Crippen LogP contribution in [-0.2, 0) is 17.9 Å². The lowest BCUT2D eigenvalue weighted by molar-refractivity contribution is -0.119. The third-order valence-electron chi connectivity index (χ3n) is 7.59. The normalized spacial score (nSPS) is 14.1. The number of aliphatic hydroxyl groups is 1. The van der Waals surface area contributed by atoms with Gasteiger partial charge >= 0.3 is 0 Å². The van der Waals surface area contributed by atoms with Crippen molar-refractivity contribution in [3.05, 3.63) is 82.5 Å². The summed E-state index contributed by atoms with van der Waals surface area (Å²) in [6.07, 6.45) is 4.33. The minimum absolute atomic E-state index is 0.0205. The van der Waals surface area contributed by atoms with Gasteiger partial charge in [-0.15, -0.1) is 0 Å². The van der Waals surface area contributed by atoms with Gasteiger partial charge in [0.25, 0.3) is 5.91 Å². The van der Waals surface area contributed by atoms with Crippen LogP contribution in [0.1, 0.15) is 34.5 Å². The Morgan fingerprint density at radius 2 is 1.91 bits per heavy atom. The minimum Gasteiger partial charge on any atom is -0.496 e. The fourth-order valence-corrected chi connectivity index (χ4v) is 5.49. The number of pyridine rings is 3. The van der Waals surface area contributed by atoms with Crippen molar-refractivity contribution < 1.29 is 28.6 Å². The molecule has 2 amide bonds. The third-order valence-corrected chi connectivity index (χ3v) is 7.97. The molecule has 47 heavy (non-hydrogen) atoms. The van der Waals surface area contributed by atoms with Gasteiger partial charge < -0.3 is 35.8 Å². The molecule has 0 aliphatic carbocycles. The number of hydrogen-bond acceptors (Lipinski definition) is 10. The van der Waals surface area contributed by atoms with E-state index in [-0.39, 0.29) is 46.2 Å². The highest BCUT2D eigenvalue weighted by molar-refractivity contribution is 6.35. The first-order valence-corrected chi connectivity index (χ1v) is 15.3. The summed E-state index contributed by atoms with van der Waals surface area (Å²) in [5.41, 5.74) is 2.73. The first-order valence-electron chi connectivity index (χ1n) is 15.0. The molecule has 3 aromatic heterocycles. The molecule has 0 spiro atoms. The number of aromatic nitrogens is 3. The molecule has 1 aliphatic heterocycles. The van der Waals surface area contributed by atoms with Gasteiger partial charge in [-0.2, -0.15) is 0 Å². The maximum Gasteiger partial charge on any atom is 0.274 e. The van der Waals surface area contributed by atoms with Gasteiger partial charge in [-0.1, -0.05) is 23.7 Å². The number of ether oxygens (including phenoxy) is 2. The number of methoxy groups -OCH3 is 2. The van der Waals surface area contributed by atoms with Crippen LogP contribution in [0.15, 0.2) is 54.9 Å². The van der Waals surface area contributed by atoms with Crippen LogP contribution >= 0.6 is 11.6 Å². The number of benzene rings is 1. The first-order chi connectivity index (χ1) is 22.8. The van der Waals surface area contributed by atoms with Crippen LogP contribution in [0.3, 0.4) is 0 Å². The Morgan fingerprint density at radius 1 is 1.09 bits per heavy atom. The Hall–Kier alpha value is -4.69. The summed E-state index contributed by atoms with van der Waals surface area (Å²) < 4.78 is 26.8. The number of carbonyl (C=O) groups is 2. The first kappa shape index (κ1) is 33.7. The molecule has 1 unspecified atom stereocenters. The second kappa shape index (κ2) is 15.7. The van der Waals surface area contributed by atoms with Gasteiger partial charge in [0.2, 0.25) is 11.8 Å². The van der Waals surface area contributed by atoms with E-state index in [0.717, 1.165) is 12.0 Å². The SMILES string of the molecule is COc1cc(C(=O)Nc2cccc(-c3nccc(-c4ccc(CNCC5CCC(=O)N5)c(OC)n4)c3Cl)c2F)ncc1CNCCO. The average Bonchev–Trinajstić information content (AvgIpc) is 3.50. The summed E-state index contributed by atoms with van der Waals surface area (Å²) in [4.78, 5) is 37.7. The lowest BCUT2D eigenvalue weighted by Crippen LogP contribution is -2.35. The maximum absolute atomic E-state index is 15.9. The number of anilines is 1. The molecular formula is C33H35ClFN7O5. The maximum atomic E-state index is 15.9. The van der Waals surface area contributed by atoms with Crippen LogP contribution in [0.5, 0.6) is 11.6 Å². The van der Waals surface area contributed by atoms with Crippen molar-refractivity contribution in [2.24, 2.45) is 0 Å². The zero-order valence-corrected chi connectivity index (χ0v) is 26.7. The Kier molecular flexibility index (Phi) is 11.3. The molecular weight excluding hydrogens is 629 g/mol. The van der Waals surface area contributed by atoms with Crippen LogP contribution in [0, 0.1) is 5.82 Å². The highest BCUT2D eigenvalue weighted by Crippen LogP contribution is 2.37. The molecule has 14 heteroatoms. The van der Waals surface area contributed by atoms with Crippen molar-refractivity contribution in [2.45, 2.75) is 32.0 Å². The molecule has 5 N–H and O–H groups in total. The average molecular weight is 664 g/mol. The molecule has 0 bridgehead atoms. The zero-order valence-electron chi connectivity index (χ0n) is 25.9. The zero-order chi connectivity index (χ0) is 33.3. The van der Waals surface area contributed by atoms with E-state index < -0.39 is 11.7 Å². The molecule has 0 saturated carbocycles. The quantitative estimate of drug-likeness (QED) is 0.126. The van der Waals surface area contributed by atoms with Gasteiger partial charge in [-0.25, -0.2) is 9.37 Å². The van der Waals surface area contributed by atoms with E-state index in [1.165, 1.54) is 44.8 Å². The highest BCUT2D eigenvalue weighted by atomic mass is 35.5. The van der Waals surface area contributed by atoms with Crippen LogP contribution < -0.4 is 30.7 Å². The number of aliphatic hydroxyl groups excluding tert-OH is 1. The Labute approximate surface area is 276 Å². The molecule has 4 heterocycles. The molecule has 4 aromatic rings. The van der Waals surface area contributed by atoms with Crippen LogP contribution in [0.25, 0.3) is 22.5 Å². The molecule has 1 aromatic carbocycles. The standard InChI is InChI=1S/C33H35ClFN7O5/c1-46-27-14-26(39-17-20(27)16-36-12-13-43)32(45)41-25-5-3-4-23(30(25)35)31-29(34)22(10-11-38-31)24-8-6-19(33(42-24)47-2)15-37-18-21-7-9-28(44)40-21/h3-6,8,10-11,14,17,21,36-37,43H,7,9,12-13,15-16,18H2,1-2H3,(H,40,44)(H,41,45). The number of halogens is 2. The van der Waals surface area contributed by atoms with E-state index >= 15 is 4.39 Å². The second-order valence-electron chi connectivity index (χ2n) is 10.7. The summed E-state index contributed by atoms with van der Waals surface area (Å²) in [6.45, 7) is 1.86. The van der Waals surface area contributed by atoms with Gasteiger partial charge in [0.05, 0.1) is 42.9 Å². The molecule has 12 nitrogen and oxygen atoms in total. The number of rotatable bonds is 14. The second-order valence-corrected chi connectivity index (χ2v) is 11.1. The Balaban J connectivity index is 1.34. The van der Waals surface area contributed by atoms with Gasteiger partial charge in [0, 0.05) is 79.4 Å². The molecule has 1 atom stereocenters. The topological polar surface area (TPSA) is 160 Å². The summed E-state index contributed by atoms with van der Waals surface area (Å²) in [7, 11) is 3.00. The largest absolute Gasteiger partial charge is 0.496 e. The minimum atomic E-state index is -0.727. The van der Waals surface area contributed by atoms with E-state index in [1.807, 2.05) is 6.07 Å². The predicted molar refractivity (Wildman–Crippen MR) is 175 cm³/mol. The monoisotopic (exact) mass is 663 g/mol. The molecule has 246 valence electrons. The van der Waals surface area contributed by atoms with Crippen LogP contribution in [-0.4, -0.2) is 71.8 Å². The fraction of sp³-hybridized carbons (Fsp3) is 0.303. The van der Waals surface area contributed by atoms with Gasteiger partial charge in [-0.3, -0.25) is 19.6 Å². The predicted octanol–water partition coefficient (Wildman–Crippen LogP) is 3.72. The number of carbonyl (C=O) groups excluding carboxylic acids is 2. The van der Waals surface area contributed by atoms with Crippen molar-refractivity contribution >= 4 is 29.1 Å². The summed E-state index contributed by atoms with van der Waals surface area (Å²) in [5.74, 6) is -0.480. The van der Waals surface area contributed by atoms with Gasteiger partial charge in [0.1, 0.15) is 11.4 Å². The van der Waals surface area contributed by atoms with Crippen molar-refractivity contribution in [1.29, 1.82) is 0 Å². The summed E-state index contributed by atoms with van der Waals surface area (Å²) in [5, 5.41) is 21.0. The Morgan fingerprint density at radius 3 is 2.66 bits per heavy atom. The summed E-state index contributed by atoms with van der Waals surface area (Å²) in [6, 6.07) is 11.4. The lowest BCUT2D eigenvalue weighted by Gasteiger charge is -2.15. The third kappa shape index (κ3) is 8.00. The van der Waals surface area contributed by atoms with Crippen molar-refractivity contribution in [3.63, 3.8) is 0 Å². The number of amides is 2.